The summed E-state index contributed by atoms with van der Waals surface area (Å²) in [6.45, 7) is 0. The van der Waals surface area contributed by atoms with Crippen LogP contribution in [0.3, 0.4) is 0 Å². The number of carboxylic acid groups (broad SMARTS) is 1. The zero-order valence-corrected chi connectivity index (χ0v) is 6.84. The van der Waals surface area contributed by atoms with Gasteiger partial charge in [0.15, 0.2) is 5.41 Å². The van der Waals surface area contributed by atoms with Gasteiger partial charge in [-0.1, -0.05) is 12.8 Å². The number of hydrogen-bond donors (Lipinski definition) is 1. The minimum Gasteiger partial charge on any atom is -0.480 e. The zero-order chi connectivity index (χ0) is 8.82. The van der Waals surface area contributed by atoms with Crippen molar-refractivity contribution in [2.24, 2.45) is 10.8 Å². The smallest absolute Gasteiger partial charge is 0.324 e. The number of nitriles is 1. The predicted molar refractivity (Wildman–Crippen MR) is 41.2 cm³/mol. The van der Waals surface area contributed by atoms with Crippen LogP contribution in [-0.4, -0.2) is 11.1 Å². The molecule has 2 aliphatic carbocycles. The molecule has 1 atom stereocenters. The SMILES string of the molecule is N#CC1(C(=O)O)CC12CCCC2. The van der Waals surface area contributed by atoms with E-state index in [2.05, 4.69) is 0 Å². The summed E-state index contributed by atoms with van der Waals surface area (Å²) in [5, 5.41) is 17.7. The van der Waals surface area contributed by atoms with Crippen molar-refractivity contribution in [3.05, 3.63) is 0 Å². The molecule has 0 aromatic heterocycles. The molecule has 0 heterocycles. The van der Waals surface area contributed by atoms with Crippen molar-refractivity contribution in [1.82, 2.24) is 0 Å². The van der Waals surface area contributed by atoms with E-state index in [4.69, 9.17) is 10.4 Å². The third-order valence-electron chi connectivity index (χ3n) is 3.50. The first-order valence-electron chi connectivity index (χ1n) is 4.32. The molecule has 12 heavy (non-hydrogen) atoms. The Kier molecular flexibility index (Phi) is 1.27. The molecule has 2 rings (SSSR count). The van der Waals surface area contributed by atoms with Crippen LogP contribution < -0.4 is 0 Å². The van der Waals surface area contributed by atoms with E-state index in [1.54, 1.807) is 0 Å². The molecule has 0 bridgehead atoms. The Morgan fingerprint density at radius 3 is 2.33 bits per heavy atom. The second-order valence-electron chi connectivity index (χ2n) is 3.99. The quantitative estimate of drug-likeness (QED) is 0.641. The average Bonchev–Trinajstić information content (AvgIpc) is 2.40. The molecule has 0 aliphatic heterocycles. The van der Waals surface area contributed by atoms with E-state index < -0.39 is 11.4 Å². The van der Waals surface area contributed by atoms with Crippen LogP contribution in [-0.2, 0) is 4.79 Å². The number of nitrogens with zero attached hydrogens (tertiary/aromatic N) is 1. The Morgan fingerprint density at radius 2 is 2.00 bits per heavy atom. The highest BCUT2D eigenvalue weighted by atomic mass is 16.4. The number of hydrogen-bond acceptors (Lipinski definition) is 2. The zero-order valence-electron chi connectivity index (χ0n) is 6.84. The van der Waals surface area contributed by atoms with E-state index in [-0.39, 0.29) is 5.41 Å². The lowest BCUT2D eigenvalue weighted by atomic mass is 9.92. The maximum atomic E-state index is 10.9. The Balaban J connectivity index is 2.27. The molecule has 3 nitrogen and oxygen atoms in total. The van der Waals surface area contributed by atoms with Crippen LogP contribution in [0, 0.1) is 22.2 Å². The minimum absolute atomic E-state index is 0.131. The number of rotatable bonds is 1. The first-order valence-corrected chi connectivity index (χ1v) is 4.32. The molecule has 1 unspecified atom stereocenters. The molecule has 3 heteroatoms. The molecular weight excluding hydrogens is 154 g/mol. The summed E-state index contributed by atoms with van der Waals surface area (Å²) in [5.41, 5.74) is -1.14. The molecule has 0 amide bonds. The molecule has 0 radical (unpaired) electrons. The van der Waals surface area contributed by atoms with E-state index in [0.717, 1.165) is 25.7 Å². The van der Waals surface area contributed by atoms with Crippen LogP contribution in [0.15, 0.2) is 0 Å². The van der Waals surface area contributed by atoms with Gasteiger partial charge in [0.1, 0.15) is 0 Å². The maximum Gasteiger partial charge on any atom is 0.324 e. The molecule has 0 saturated heterocycles. The van der Waals surface area contributed by atoms with Crippen molar-refractivity contribution in [2.75, 3.05) is 0 Å². The Labute approximate surface area is 71.0 Å². The number of carboxylic acids is 1. The van der Waals surface area contributed by atoms with Gasteiger partial charge in [0, 0.05) is 5.41 Å². The van der Waals surface area contributed by atoms with E-state index in [0.29, 0.717) is 6.42 Å². The minimum atomic E-state index is -1.01. The van der Waals surface area contributed by atoms with E-state index in [1.165, 1.54) is 0 Å². The molecule has 64 valence electrons. The van der Waals surface area contributed by atoms with Crippen LogP contribution in [0.5, 0.6) is 0 Å². The average molecular weight is 165 g/mol. The standard InChI is InChI=1S/C9H11NO2/c10-6-9(7(11)12)5-8(9)3-1-2-4-8/h1-5H2,(H,11,12). The van der Waals surface area contributed by atoms with Crippen LogP contribution in [0.25, 0.3) is 0 Å². The van der Waals surface area contributed by atoms with Gasteiger partial charge in [0.25, 0.3) is 0 Å². The normalized spacial score (nSPS) is 36.2. The van der Waals surface area contributed by atoms with Gasteiger partial charge in [-0.25, -0.2) is 0 Å². The molecule has 2 aliphatic rings. The lowest BCUT2D eigenvalue weighted by molar-refractivity contribution is -0.142. The lowest BCUT2D eigenvalue weighted by Crippen LogP contribution is -2.20. The monoisotopic (exact) mass is 165 g/mol. The van der Waals surface area contributed by atoms with Gasteiger partial charge in [-0.15, -0.1) is 0 Å². The Hall–Kier alpha value is -1.04. The summed E-state index contributed by atoms with van der Waals surface area (Å²) in [6, 6.07) is 1.99. The molecule has 0 aromatic carbocycles. The molecule has 2 saturated carbocycles. The third-order valence-corrected chi connectivity index (χ3v) is 3.50. The number of aliphatic carboxylic acids is 1. The lowest BCUT2D eigenvalue weighted by Gasteiger charge is -2.09. The highest BCUT2D eigenvalue weighted by Gasteiger charge is 2.73. The van der Waals surface area contributed by atoms with Gasteiger partial charge in [-0.3, -0.25) is 4.79 Å². The fourth-order valence-electron chi connectivity index (χ4n) is 2.63. The van der Waals surface area contributed by atoms with Crippen LogP contribution in [0.1, 0.15) is 32.1 Å². The summed E-state index contributed by atoms with van der Waals surface area (Å²) < 4.78 is 0. The van der Waals surface area contributed by atoms with Crippen LogP contribution in [0.4, 0.5) is 0 Å². The van der Waals surface area contributed by atoms with Crippen molar-refractivity contribution in [1.29, 1.82) is 5.26 Å². The molecule has 0 aromatic rings. The Bertz CT molecular complexity index is 273. The summed E-state index contributed by atoms with van der Waals surface area (Å²) in [4.78, 5) is 10.9. The summed E-state index contributed by atoms with van der Waals surface area (Å²) >= 11 is 0. The van der Waals surface area contributed by atoms with Crippen LogP contribution >= 0.6 is 0 Å². The first-order chi connectivity index (χ1) is 5.67. The van der Waals surface area contributed by atoms with E-state index in [1.807, 2.05) is 6.07 Å². The number of carbonyl (C=O) groups is 1. The fourth-order valence-corrected chi connectivity index (χ4v) is 2.63. The Morgan fingerprint density at radius 1 is 1.42 bits per heavy atom. The second-order valence-corrected chi connectivity index (χ2v) is 3.99. The van der Waals surface area contributed by atoms with Gasteiger partial charge in [-0.2, -0.15) is 5.26 Å². The molecular formula is C9H11NO2. The highest BCUT2D eigenvalue weighted by molar-refractivity contribution is 5.83. The van der Waals surface area contributed by atoms with Gasteiger partial charge in [0.05, 0.1) is 6.07 Å². The first kappa shape index (κ1) is 7.60. The molecule has 2 fully saturated rings. The summed E-state index contributed by atoms with van der Waals surface area (Å²) in [5.74, 6) is -0.910. The predicted octanol–water partition coefficient (Wildman–Crippen LogP) is 1.55. The van der Waals surface area contributed by atoms with Crippen molar-refractivity contribution < 1.29 is 9.90 Å². The van der Waals surface area contributed by atoms with E-state index in [9.17, 15) is 4.79 Å². The topological polar surface area (TPSA) is 61.1 Å². The summed E-state index contributed by atoms with van der Waals surface area (Å²) in [6.07, 6.45) is 4.65. The van der Waals surface area contributed by atoms with Gasteiger partial charge < -0.3 is 5.11 Å². The maximum absolute atomic E-state index is 10.9. The summed E-state index contributed by atoms with van der Waals surface area (Å²) in [7, 11) is 0. The molecule has 1 N–H and O–H groups in total. The van der Waals surface area contributed by atoms with Gasteiger partial charge in [0.2, 0.25) is 0 Å². The second kappa shape index (κ2) is 2.01. The highest BCUT2D eigenvalue weighted by Crippen LogP contribution is 2.71. The van der Waals surface area contributed by atoms with Crippen molar-refractivity contribution in [3.8, 4) is 6.07 Å². The fraction of sp³-hybridized carbons (Fsp3) is 0.778. The van der Waals surface area contributed by atoms with Crippen molar-refractivity contribution in [2.45, 2.75) is 32.1 Å². The van der Waals surface area contributed by atoms with Crippen molar-refractivity contribution >= 4 is 5.97 Å². The van der Waals surface area contributed by atoms with Gasteiger partial charge >= 0.3 is 5.97 Å². The van der Waals surface area contributed by atoms with E-state index >= 15 is 0 Å². The largest absolute Gasteiger partial charge is 0.480 e. The van der Waals surface area contributed by atoms with Crippen molar-refractivity contribution in [3.63, 3.8) is 0 Å². The van der Waals surface area contributed by atoms with Crippen LogP contribution in [0.2, 0.25) is 0 Å². The van der Waals surface area contributed by atoms with Gasteiger partial charge in [-0.05, 0) is 19.3 Å². The third kappa shape index (κ3) is 0.632. The molecule has 1 spiro atoms.